The molecule has 8 heteroatoms. The van der Waals surface area contributed by atoms with Crippen molar-refractivity contribution in [3.05, 3.63) is 0 Å². The van der Waals surface area contributed by atoms with Gasteiger partial charge in [0, 0.05) is 39.3 Å². The fraction of sp³-hybridized carbons (Fsp3) is 0.920. The fourth-order valence-electron chi connectivity index (χ4n) is 4.90. The molecule has 0 aromatic heterocycles. The van der Waals surface area contributed by atoms with Crippen LogP contribution in [0.25, 0.3) is 0 Å². The zero-order valence-corrected chi connectivity index (χ0v) is 20.9. The van der Waals surface area contributed by atoms with Crippen molar-refractivity contribution >= 4 is 12.1 Å². The normalized spacial score (nSPS) is 26.2. The van der Waals surface area contributed by atoms with Crippen molar-refractivity contribution in [3.8, 4) is 0 Å². The van der Waals surface area contributed by atoms with Crippen LogP contribution in [0.1, 0.15) is 71.6 Å². The van der Waals surface area contributed by atoms with Crippen molar-refractivity contribution in [1.29, 1.82) is 0 Å². The van der Waals surface area contributed by atoms with E-state index >= 15 is 0 Å². The van der Waals surface area contributed by atoms with E-state index in [4.69, 9.17) is 9.47 Å². The lowest BCUT2D eigenvalue weighted by molar-refractivity contribution is 0.137. The highest BCUT2D eigenvalue weighted by Gasteiger charge is 2.34. The van der Waals surface area contributed by atoms with Gasteiger partial charge < -0.3 is 20.1 Å². The molecule has 0 radical (unpaired) electrons. The summed E-state index contributed by atoms with van der Waals surface area (Å²) in [5.74, 6) is 0.956. The number of imide groups is 1. The minimum Gasteiger partial charge on any atom is -0.372 e. The number of unbranched alkanes of at least 4 members (excludes halogenated alkanes) is 3. The summed E-state index contributed by atoms with van der Waals surface area (Å²) >= 11 is 0. The third kappa shape index (κ3) is 10.2. The predicted molar refractivity (Wildman–Crippen MR) is 129 cm³/mol. The van der Waals surface area contributed by atoms with E-state index in [9.17, 15) is 9.59 Å². The number of epoxide rings is 2. The summed E-state index contributed by atoms with van der Waals surface area (Å²) < 4.78 is 10.9. The first-order valence-corrected chi connectivity index (χ1v) is 13.4. The van der Waals surface area contributed by atoms with Gasteiger partial charge in [-0.05, 0) is 43.9 Å². The molecule has 3 fully saturated rings. The van der Waals surface area contributed by atoms with Crippen LogP contribution in [0, 0.1) is 11.8 Å². The average molecular weight is 467 g/mol. The van der Waals surface area contributed by atoms with Gasteiger partial charge >= 0.3 is 12.1 Å². The Hall–Kier alpha value is -1.38. The lowest BCUT2D eigenvalue weighted by Gasteiger charge is -2.35. The molecule has 4 amide bonds. The van der Waals surface area contributed by atoms with Crippen LogP contribution in [0.15, 0.2) is 0 Å². The molecule has 0 aromatic rings. The molecule has 0 aromatic carbocycles. The number of nitrogens with zero attached hydrogens (tertiary/aromatic N) is 2. The predicted octanol–water partition coefficient (Wildman–Crippen LogP) is 3.60. The molecule has 2 N–H and O–H groups in total. The first-order chi connectivity index (χ1) is 16.1. The van der Waals surface area contributed by atoms with Gasteiger partial charge in [-0.1, -0.05) is 39.5 Å². The molecular formula is C25H46N4O4. The number of carbonyl (C=O) groups excluding carboxylic acids is 2. The zero-order chi connectivity index (χ0) is 23.5. The van der Waals surface area contributed by atoms with Gasteiger partial charge in [0.15, 0.2) is 0 Å². The van der Waals surface area contributed by atoms with Gasteiger partial charge in [0.2, 0.25) is 0 Å². The Morgan fingerprint density at radius 3 is 1.88 bits per heavy atom. The molecule has 3 rings (SSSR count). The van der Waals surface area contributed by atoms with Crippen molar-refractivity contribution in [2.45, 2.75) is 83.8 Å². The van der Waals surface area contributed by atoms with Gasteiger partial charge in [0.25, 0.3) is 0 Å². The standard InChI is InChI=1S/C25H46N4O4/c1-3-5-7-12-27-25(31)29(24(30)26-11-6-4-2)15-21-10-8-9-20(13-21)14-28(16-22-18-32-22)17-23-19-33-23/h20-23H,3-19H2,1-2H3,(H,26,30)(H,27,31). The molecule has 33 heavy (non-hydrogen) atoms. The van der Waals surface area contributed by atoms with Crippen LogP contribution >= 0.6 is 0 Å². The van der Waals surface area contributed by atoms with Crippen LogP contribution in [-0.2, 0) is 9.47 Å². The second kappa shape index (κ2) is 14.1. The highest BCUT2D eigenvalue weighted by Crippen LogP contribution is 2.31. The summed E-state index contributed by atoms with van der Waals surface area (Å²) in [7, 11) is 0. The average Bonchev–Trinajstić information content (AvgIpc) is 3.73. The van der Waals surface area contributed by atoms with E-state index in [0.29, 0.717) is 43.7 Å². The van der Waals surface area contributed by atoms with E-state index in [1.54, 1.807) is 0 Å². The maximum Gasteiger partial charge on any atom is 0.325 e. The second-order valence-corrected chi connectivity index (χ2v) is 10.2. The molecule has 4 unspecified atom stereocenters. The number of hydrogen-bond acceptors (Lipinski definition) is 5. The first kappa shape index (κ1) is 26.2. The monoisotopic (exact) mass is 466 g/mol. The maximum absolute atomic E-state index is 12.9. The molecule has 0 spiro atoms. The molecule has 190 valence electrons. The van der Waals surface area contributed by atoms with E-state index in [2.05, 4.69) is 29.4 Å². The van der Waals surface area contributed by atoms with Crippen molar-refractivity contribution in [2.24, 2.45) is 11.8 Å². The minimum absolute atomic E-state index is 0.249. The van der Waals surface area contributed by atoms with Crippen molar-refractivity contribution < 1.29 is 19.1 Å². The van der Waals surface area contributed by atoms with E-state index in [1.807, 2.05) is 0 Å². The lowest BCUT2D eigenvalue weighted by atomic mass is 9.81. The molecule has 0 bridgehead atoms. The number of rotatable bonds is 15. The SMILES string of the molecule is CCCCCNC(=O)N(CC1CCCC(CN(CC2CO2)CC2CO2)C1)C(=O)NCCCC. The highest BCUT2D eigenvalue weighted by molar-refractivity contribution is 5.93. The quantitative estimate of drug-likeness (QED) is 0.284. The smallest absolute Gasteiger partial charge is 0.325 e. The Balaban J connectivity index is 1.51. The van der Waals surface area contributed by atoms with Crippen molar-refractivity contribution in [3.63, 3.8) is 0 Å². The van der Waals surface area contributed by atoms with Crippen LogP contribution in [0.5, 0.6) is 0 Å². The molecule has 2 aliphatic heterocycles. The van der Waals surface area contributed by atoms with Crippen LogP contribution in [-0.4, -0.2) is 86.6 Å². The van der Waals surface area contributed by atoms with Gasteiger partial charge in [0.1, 0.15) is 0 Å². The van der Waals surface area contributed by atoms with Gasteiger partial charge in [-0.15, -0.1) is 0 Å². The first-order valence-electron chi connectivity index (χ1n) is 13.4. The fourth-order valence-corrected chi connectivity index (χ4v) is 4.90. The van der Waals surface area contributed by atoms with E-state index < -0.39 is 0 Å². The second-order valence-electron chi connectivity index (χ2n) is 10.2. The van der Waals surface area contributed by atoms with Gasteiger partial charge in [0.05, 0.1) is 25.4 Å². The van der Waals surface area contributed by atoms with Crippen LogP contribution < -0.4 is 10.6 Å². The number of ether oxygens (including phenoxy) is 2. The molecular weight excluding hydrogens is 420 g/mol. The summed E-state index contributed by atoms with van der Waals surface area (Å²) in [6.45, 7) is 10.8. The summed E-state index contributed by atoms with van der Waals surface area (Å²) in [4.78, 5) is 29.7. The van der Waals surface area contributed by atoms with Crippen LogP contribution in [0.4, 0.5) is 9.59 Å². The highest BCUT2D eigenvalue weighted by atomic mass is 16.6. The van der Waals surface area contributed by atoms with Gasteiger partial charge in [-0.25, -0.2) is 14.5 Å². The number of carbonyl (C=O) groups is 2. The number of amides is 4. The molecule has 2 saturated heterocycles. The van der Waals surface area contributed by atoms with Crippen LogP contribution in [0.2, 0.25) is 0 Å². The largest absolute Gasteiger partial charge is 0.372 e. The maximum atomic E-state index is 12.9. The number of urea groups is 2. The Kier molecular flexibility index (Phi) is 11.2. The Bertz CT molecular complexity index is 583. The zero-order valence-electron chi connectivity index (χ0n) is 20.9. The molecule has 1 saturated carbocycles. The van der Waals surface area contributed by atoms with Crippen molar-refractivity contribution in [1.82, 2.24) is 20.4 Å². The molecule has 2 heterocycles. The van der Waals surface area contributed by atoms with Crippen molar-refractivity contribution in [2.75, 3.05) is 52.5 Å². The Morgan fingerprint density at radius 2 is 1.33 bits per heavy atom. The Morgan fingerprint density at radius 1 is 0.788 bits per heavy atom. The lowest BCUT2D eigenvalue weighted by Crippen LogP contribution is -2.51. The summed E-state index contributed by atoms with van der Waals surface area (Å²) in [5, 5.41) is 5.92. The van der Waals surface area contributed by atoms with Gasteiger partial charge in [-0.2, -0.15) is 0 Å². The third-order valence-electron chi connectivity index (χ3n) is 6.93. The summed E-state index contributed by atoms with van der Waals surface area (Å²) in [5.41, 5.74) is 0. The topological polar surface area (TPSA) is 89.7 Å². The molecule has 8 nitrogen and oxygen atoms in total. The number of nitrogens with one attached hydrogen (secondary N) is 2. The summed E-state index contributed by atoms with van der Waals surface area (Å²) in [6.07, 6.45) is 10.4. The minimum atomic E-state index is -0.253. The molecule has 1 aliphatic carbocycles. The third-order valence-corrected chi connectivity index (χ3v) is 6.93. The number of hydrogen-bond donors (Lipinski definition) is 2. The summed E-state index contributed by atoms with van der Waals surface area (Å²) in [6, 6.07) is -0.502. The molecule has 4 atom stereocenters. The molecule has 3 aliphatic rings. The van der Waals surface area contributed by atoms with E-state index in [-0.39, 0.29) is 12.1 Å². The Labute approximate surface area is 200 Å². The van der Waals surface area contributed by atoms with E-state index in [0.717, 1.165) is 84.2 Å². The van der Waals surface area contributed by atoms with E-state index in [1.165, 1.54) is 11.3 Å². The van der Waals surface area contributed by atoms with Crippen LogP contribution in [0.3, 0.4) is 0 Å². The van der Waals surface area contributed by atoms with Gasteiger partial charge in [-0.3, -0.25) is 4.90 Å².